The van der Waals surface area contributed by atoms with E-state index in [0.29, 0.717) is 6.04 Å². The van der Waals surface area contributed by atoms with Gasteiger partial charge in [0.05, 0.1) is 0 Å². The van der Waals surface area contributed by atoms with E-state index in [9.17, 15) is 4.39 Å². The molecule has 0 heterocycles. The van der Waals surface area contributed by atoms with Gasteiger partial charge in [0.15, 0.2) is 0 Å². The summed E-state index contributed by atoms with van der Waals surface area (Å²) in [5.74, 6) is -0.173. The second kappa shape index (κ2) is 10.7. The van der Waals surface area contributed by atoms with Crippen molar-refractivity contribution in [2.45, 2.75) is 38.6 Å². The van der Waals surface area contributed by atoms with Crippen LogP contribution in [0.25, 0.3) is 0 Å². The molecule has 0 aliphatic rings. The van der Waals surface area contributed by atoms with E-state index in [4.69, 9.17) is 0 Å². The fourth-order valence-electron chi connectivity index (χ4n) is 2.70. The molecule has 0 aliphatic heterocycles. The van der Waals surface area contributed by atoms with Gasteiger partial charge < -0.3 is 10.8 Å². The fraction of sp³-hybridized carbons (Fsp3) is 0.333. The molecule has 0 aliphatic carbocycles. The molecule has 2 nitrogen and oxygen atoms in total. The summed E-state index contributed by atoms with van der Waals surface area (Å²) < 4.78 is 12.9. The van der Waals surface area contributed by atoms with Gasteiger partial charge >= 0.3 is 0 Å². The van der Waals surface area contributed by atoms with Gasteiger partial charge in [0.2, 0.25) is 0 Å². The zero-order chi connectivity index (χ0) is 16.5. The van der Waals surface area contributed by atoms with E-state index < -0.39 is 0 Å². The molecule has 132 valence electrons. The summed E-state index contributed by atoms with van der Waals surface area (Å²) in [6.45, 7) is 6.93. The maximum atomic E-state index is 12.9. The molecule has 2 rings (SSSR count). The molecule has 0 bridgehead atoms. The number of hydrogen-bond donors (Lipinski definition) is 1. The number of rotatable bonds is 9. The minimum Gasteiger partial charge on any atom is -0.412 e. The maximum absolute atomic E-state index is 12.9. The Labute approximate surface area is 146 Å². The Balaban J connectivity index is 0.00000288. The topological polar surface area (TPSA) is 43.5 Å². The molecule has 0 saturated carbocycles. The van der Waals surface area contributed by atoms with Crippen LogP contribution in [-0.4, -0.2) is 18.1 Å². The van der Waals surface area contributed by atoms with Gasteiger partial charge in [-0.1, -0.05) is 42.5 Å². The van der Waals surface area contributed by atoms with E-state index in [1.165, 1.54) is 28.8 Å². The average molecular weight is 331 g/mol. The Kier molecular flexibility index (Phi) is 8.98. The molecule has 0 spiro atoms. The number of allylic oxidation sites excluding steroid dienone is 1. The number of nitrogens with one attached hydrogen (secondary N) is 1. The molecule has 1 unspecified atom stereocenters. The van der Waals surface area contributed by atoms with Crippen molar-refractivity contribution >= 4 is 0 Å². The highest BCUT2D eigenvalue weighted by atomic mass is 19.1. The van der Waals surface area contributed by atoms with Crippen molar-refractivity contribution in [1.82, 2.24) is 5.32 Å². The molecule has 0 amide bonds. The predicted octanol–water partition coefficient (Wildman–Crippen LogP) is 4.13. The van der Waals surface area contributed by atoms with Gasteiger partial charge in [0.25, 0.3) is 0 Å². The number of benzene rings is 2. The van der Waals surface area contributed by atoms with Crippen LogP contribution in [-0.2, 0) is 19.3 Å². The van der Waals surface area contributed by atoms with Gasteiger partial charge in [-0.15, -0.1) is 6.58 Å². The fourth-order valence-corrected chi connectivity index (χ4v) is 2.70. The second-order valence-corrected chi connectivity index (χ2v) is 6.10. The normalized spacial score (nSPS) is 11.6. The van der Waals surface area contributed by atoms with Crippen LogP contribution in [0.4, 0.5) is 4.39 Å². The van der Waals surface area contributed by atoms with E-state index in [1.807, 2.05) is 18.2 Å². The highest BCUT2D eigenvalue weighted by Gasteiger charge is 2.03. The first kappa shape index (κ1) is 20.1. The number of halogens is 1. The zero-order valence-corrected chi connectivity index (χ0v) is 14.4. The van der Waals surface area contributed by atoms with Gasteiger partial charge in [-0.3, -0.25) is 0 Å². The minimum atomic E-state index is -0.173. The lowest BCUT2D eigenvalue weighted by molar-refractivity contribution is 0.533. The Bertz CT molecular complexity index is 598. The summed E-state index contributed by atoms with van der Waals surface area (Å²) in [5, 5.41) is 3.54. The first-order chi connectivity index (χ1) is 11.2. The van der Waals surface area contributed by atoms with Crippen LogP contribution >= 0.6 is 0 Å². The van der Waals surface area contributed by atoms with E-state index in [1.54, 1.807) is 0 Å². The SMILES string of the molecule is C=CCc1ccc(CCCNC(C)Cc2ccc(F)cc2)cc1.O.[HH]. The van der Waals surface area contributed by atoms with Crippen molar-refractivity contribution in [3.05, 3.63) is 83.7 Å². The van der Waals surface area contributed by atoms with Crippen LogP contribution in [0, 0.1) is 5.82 Å². The summed E-state index contributed by atoms with van der Waals surface area (Å²) in [7, 11) is 0. The number of aryl methyl sites for hydroxylation is 1. The van der Waals surface area contributed by atoms with Crippen molar-refractivity contribution in [2.24, 2.45) is 0 Å². The lowest BCUT2D eigenvalue weighted by Gasteiger charge is -2.14. The smallest absolute Gasteiger partial charge is 0.123 e. The molecule has 0 fully saturated rings. The summed E-state index contributed by atoms with van der Waals surface area (Å²) in [4.78, 5) is 0. The third-order valence-corrected chi connectivity index (χ3v) is 3.99. The largest absolute Gasteiger partial charge is 0.412 e. The quantitative estimate of drug-likeness (QED) is 0.545. The Morgan fingerprint density at radius 1 is 1.04 bits per heavy atom. The van der Waals surface area contributed by atoms with E-state index in [2.05, 4.69) is 43.1 Å². The zero-order valence-electron chi connectivity index (χ0n) is 14.4. The molecule has 24 heavy (non-hydrogen) atoms. The Morgan fingerprint density at radius 2 is 1.62 bits per heavy atom. The number of hydrogen-bond acceptors (Lipinski definition) is 1. The lowest BCUT2D eigenvalue weighted by atomic mass is 10.0. The second-order valence-electron chi connectivity index (χ2n) is 6.10. The Hall–Kier alpha value is -1.97. The van der Waals surface area contributed by atoms with Crippen molar-refractivity contribution < 1.29 is 11.3 Å². The minimum absolute atomic E-state index is 0. The summed E-state index contributed by atoms with van der Waals surface area (Å²) in [5.41, 5.74) is 3.87. The molecule has 3 heteroatoms. The molecule has 0 aromatic heterocycles. The van der Waals surface area contributed by atoms with Crippen LogP contribution < -0.4 is 5.32 Å². The highest BCUT2D eigenvalue weighted by molar-refractivity contribution is 5.24. The van der Waals surface area contributed by atoms with Gasteiger partial charge in [-0.05, 0) is 68.0 Å². The third kappa shape index (κ3) is 7.07. The first-order valence-electron chi connectivity index (χ1n) is 8.34. The van der Waals surface area contributed by atoms with Crippen LogP contribution in [0.1, 0.15) is 31.5 Å². The van der Waals surface area contributed by atoms with Crippen molar-refractivity contribution in [3.8, 4) is 0 Å². The van der Waals surface area contributed by atoms with Crippen molar-refractivity contribution in [3.63, 3.8) is 0 Å². The molecule has 3 N–H and O–H groups in total. The predicted molar refractivity (Wildman–Crippen MR) is 102 cm³/mol. The van der Waals surface area contributed by atoms with Crippen LogP contribution in [0.2, 0.25) is 0 Å². The molecule has 0 saturated heterocycles. The molecule has 0 radical (unpaired) electrons. The van der Waals surface area contributed by atoms with E-state index in [0.717, 1.165) is 32.2 Å². The third-order valence-electron chi connectivity index (χ3n) is 3.99. The van der Waals surface area contributed by atoms with Crippen LogP contribution in [0.3, 0.4) is 0 Å². The van der Waals surface area contributed by atoms with E-state index >= 15 is 0 Å². The van der Waals surface area contributed by atoms with Crippen LogP contribution in [0.5, 0.6) is 0 Å². The Morgan fingerprint density at radius 3 is 2.25 bits per heavy atom. The standard InChI is InChI=1S/C21H26FN.H2O.H2/c1-3-5-18-7-9-19(10-8-18)6-4-15-23-17(2)16-20-11-13-21(22)14-12-20;;/h3,7-14,17,23H,1,4-6,15-16H2,2H3;1H2;1H. The van der Waals surface area contributed by atoms with Gasteiger partial charge in [0, 0.05) is 7.47 Å². The molecule has 2 aromatic rings. The van der Waals surface area contributed by atoms with Gasteiger partial charge in [-0.2, -0.15) is 0 Å². The van der Waals surface area contributed by atoms with Crippen LogP contribution in [0.15, 0.2) is 61.2 Å². The molecule has 2 aromatic carbocycles. The maximum Gasteiger partial charge on any atom is 0.123 e. The summed E-state index contributed by atoms with van der Waals surface area (Å²) in [6.07, 6.45) is 6.00. The highest BCUT2D eigenvalue weighted by Crippen LogP contribution is 2.08. The van der Waals surface area contributed by atoms with Crippen molar-refractivity contribution in [1.29, 1.82) is 0 Å². The van der Waals surface area contributed by atoms with Gasteiger partial charge in [-0.25, -0.2) is 4.39 Å². The van der Waals surface area contributed by atoms with Crippen molar-refractivity contribution in [2.75, 3.05) is 6.54 Å². The average Bonchev–Trinajstić information content (AvgIpc) is 2.55. The molecule has 1 atom stereocenters. The molecular weight excluding hydrogens is 301 g/mol. The lowest BCUT2D eigenvalue weighted by Crippen LogP contribution is -2.29. The first-order valence-corrected chi connectivity index (χ1v) is 8.34. The monoisotopic (exact) mass is 331 g/mol. The summed E-state index contributed by atoms with van der Waals surface area (Å²) >= 11 is 0. The van der Waals surface area contributed by atoms with Gasteiger partial charge in [0.1, 0.15) is 5.82 Å². The van der Waals surface area contributed by atoms with E-state index in [-0.39, 0.29) is 12.7 Å². The summed E-state index contributed by atoms with van der Waals surface area (Å²) in [6, 6.07) is 16.0. The molecular formula is C21H30FNO.